The van der Waals surface area contributed by atoms with Crippen molar-refractivity contribution in [3.05, 3.63) is 29.8 Å². The first kappa shape index (κ1) is 12.7. The van der Waals surface area contributed by atoms with Crippen LogP contribution in [0.2, 0.25) is 0 Å². The largest absolute Gasteiger partial charge is 0.478 e. The van der Waals surface area contributed by atoms with Crippen LogP contribution in [-0.2, 0) is 9.84 Å². The number of sulfone groups is 1. The van der Waals surface area contributed by atoms with Gasteiger partial charge in [0, 0.05) is 0 Å². The zero-order valence-electron chi connectivity index (χ0n) is 9.17. The lowest BCUT2D eigenvalue weighted by Gasteiger charge is -2.10. The summed E-state index contributed by atoms with van der Waals surface area (Å²) in [6.45, 7) is 3.44. The van der Waals surface area contributed by atoms with Gasteiger partial charge in [0.15, 0.2) is 9.84 Å². The number of hydrogen-bond acceptors (Lipinski definition) is 3. The van der Waals surface area contributed by atoms with E-state index in [1.807, 2.05) is 0 Å². The average Bonchev–Trinajstić information content (AvgIpc) is 2.28. The van der Waals surface area contributed by atoms with Gasteiger partial charge in [0.05, 0.1) is 15.7 Å². The molecule has 1 atom stereocenters. The molecule has 1 aromatic carbocycles. The zero-order valence-corrected chi connectivity index (χ0v) is 9.99. The fourth-order valence-electron chi connectivity index (χ4n) is 1.24. The molecule has 0 aliphatic heterocycles. The molecular formula is C11H14O4S. The molecule has 0 spiro atoms. The highest BCUT2D eigenvalue weighted by Gasteiger charge is 2.21. The van der Waals surface area contributed by atoms with Crippen LogP contribution < -0.4 is 0 Å². The summed E-state index contributed by atoms with van der Waals surface area (Å²) in [7, 11) is -3.32. The fraction of sp³-hybridized carbons (Fsp3) is 0.364. The van der Waals surface area contributed by atoms with Crippen LogP contribution in [0.4, 0.5) is 0 Å². The number of carboxylic acid groups (broad SMARTS) is 1. The molecule has 0 heterocycles. The van der Waals surface area contributed by atoms with Gasteiger partial charge in [-0.2, -0.15) is 0 Å². The lowest BCUT2D eigenvalue weighted by Crippen LogP contribution is -2.16. The van der Waals surface area contributed by atoms with E-state index in [4.69, 9.17) is 5.11 Å². The number of rotatable bonds is 4. The van der Waals surface area contributed by atoms with Gasteiger partial charge in [-0.1, -0.05) is 6.92 Å². The van der Waals surface area contributed by atoms with Crippen LogP contribution in [0.25, 0.3) is 0 Å². The lowest BCUT2D eigenvalue weighted by molar-refractivity contribution is 0.0697. The normalized spacial score (nSPS) is 13.4. The molecule has 5 heteroatoms. The Labute approximate surface area is 94.8 Å². The van der Waals surface area contributed by atoms with E-state index in [1.165, 1.54) is 24.3 Å². The maximum absolute atomic E-state index is 11.9. The fourth-order valence-corrected chi connectivity index (χ4v) is 2.66. The molecule has 16 heavy (non-hydrogen) atoms. The lowest BCUT2D eigenvalue weighted by atomic mass is 10.2. The van der Waals surface area contributed by atoms with E-state index in [9.17, 15) is 13.2 Å². The minimum atomic E-state index is -3.32. The van der Waals surface area contributed by atoms with Crippen LogP contribution in [0.1, 0.15) is 30.6 Å². The Kier molecular flexibility index (Phi) is 3.70. The van der Waals surface area contributed by atoms with E-state index in [2.05, 4.69) is 0 Å². The van der Waals surface area contributed by atoms with Crippen LogP contribution in [0.15, 0.2) is 29.2 Å². The smallest absolute Gasteiger partial charge is 0.335 e. The number of benzene rings is 1. The van der Waals surface area contributed by atoms with Gasteiger partial charge in [0.25, 0.3) is 0 Å². The second-order valence-corrected chi connectivity index (χ2v) is 5.96. The van der Waals surface area contributed by atoms with E-state index in [0.717, 1.165) is 0 Å². The van der Waals surface area contributed by atoms with E-state index >= 15 is 0 Å². The van der Waals surface area contributed by atoms with Crippen LogP contribution in [0.5, 0.6) is 0 Å². The van der Waals surface area contributed by atoms with Gasteiger partial charge in [0.1, 0.15) is 0 Å². The van der Waals surface area contributed by atoms with Crippen molar-refractivity contribution in [2.45, 2.75) is 30.4 Å². The summed E-state index contributed by atoms with van der Waals surface area (Å²) in [6, 6.07) is 5.28. The minimum Gasteiger partial charge on any atom is -0.478 e. The first-order valence-corrected chi connectivity index (χ1v) is 6.51. The molecule has 1 N–H and O–H groups in total. The molecular weight excluding hydrogens is 228 g/mol. The molecule has 0 saturated heterocycles. The van der Waals surface area contributed by atoms with Gasteiger partial charge in [-0.25, -0.2) is 13.2 Å². The van der Waals surface area contributed by atoms with Crippen LogP contribution >= 0.6 is 0 Å². The summed E-state index contributed by atoms with van der Waals surface area (Å²) < 4.78 is 23.8. The third-order valence-electron chi connectivity index (χ3n) is 2.53. The van der Waals surface area contributed by atoms with E-state index < -0.39 is 21.1 Å². The van der Waals surface area contributed by atoms with Gasteiger partial charge < -0.3 is 5.11 Å². The van der Waals surface area contributed by atoms with Gasteiger partial charge >= 0.3 is 5.97 Å². The SMILES string of the molecule is CCC(C)S(=O)(=O)c1ccc(C(=O)O)cc1. The van der Waals surface area contributed by atoms with Gasteiger partial charge in [0.2, 0.25) is 0 Å². The number of carboxylic acids is 1. The topological polar surface area (TPSA) is 71.4 Å². The quantitative estimate of drug-likeness (QED) is 0.876. The highest BCUT2D eigenvalue weighted by Crippen LogP contribution is 2.18. The van der Waals surface area contributed by atoms with Crippen LogP contribution in [0, 0.1) is 0 Å². The summed E-state index contributed by atoms with van der Waals surface area (Å²) in [5.74, 6) is -1.06. The molecule has 1 rings (SSSR count). The molecule has 4 nitrogen and oxygen atoms in total. The molecule has 0 fully saturated rings. The van der Waals surface area contributed by atoms with Crippen molar-refractivity contribution in [3.8, 4) is 0 Å². The summed E-state index contributed by atoms with van der Waals surface area (Å²) >= 11 is 0. The third-order valence-corrected chi connectivity index (χ3v) is 4.86. The molecule has 0 saturated carbocycles. The predicted octanol–water partition coefficient (Wildman–Crippen LogP) is 1.96. The third kappa shape index (κ3) is 2.41. The Morgan fingerprint density at radius 1 is 1.31 bits per heavy atom. The van der Waals surface area contributed by atoms with Crippen molar-refractivity contribution in [2.75, 3.05) is 0 Å². The van der Waals surface area contributed by atoms with Gasteiger partial charge in [-0.05, 0) is 37.6 Å². The average molecular weight is 242 g/mol. The molecule has 0 aromatic heterocycles. The van der Waals surface area contributed by atoms with Crippen molar-refractivity contribution >= 4 is 15.8 Å². The summed E-state index contributed by atoms with van der Waals surface area (Å²) in [5.41, 5.74) is 0.0862. The minimum absolute atomic E-state index is 0.0862. The maximum Gasteiger partial charge on any atom is 0.335 e. The molecule has 1 unspecified atom stereocenters. The van der Waals surface area contributed by atoms with Crippen molar-refractivity contribution in [2.24, 2.45) is 0 Å². The first-order valence-electron chi connectivity index (χ1n) is 4.96. The van der Waals surface area contributed by atoms with Crippen LogP contribution in [0.3, 0.4) is 0 Å². The Morgan fingerprint density at radius 2 is 1.81 bits per heavy atom. The molecule has 88 valence electrons. The standard InChI is InChI=1S/C11H14O4S/c1-3-8(2)16(14,15)10-6-4-9(5-7-10)11(12)13/h4-8H,3H2,1-2H3,(H,12,13). The molecule has 1 aromatic rings. The van der Waals surface area contributed by atoms with E-state index in [-0.39, 0.29) is 10.5 Å². The molecule has 0 aliphatic carbocycles. The number of hydrogen-bond donors (Lipinski definition) is 1. The van der Waals surface area contributed by atoms with Crippen molar-refractivity contribution < 1.29 is 18.3 Å². The monoisotopic (exact) mass is 242 g/mol. The zero-order chi connectivity index (χ0) is 12.3. The Hall–Kier alpha value is -1.36. The maximum atomic E-state index is 11.9. The Morgan fingerprint density at radius 3 is 2.19 bits per heavy atom. The van der Waals surface area contributed by atoms with Crippen molar-refractivity contribution in [3.63, 3.8) is 0 Å². The van der Waals surface area contributed by atoms with Gasteiger partial charge in [-0.3, -0.25) is 0 Å². The second kappa shape index (κ2) is 4.65. The van der Waals surface area contributed by atoms with Crippen LogP contribution in [-0.4, -0.2) is 24.7 Å². The predicted molar refractivity (Wildman–Crippen MR) is 60.3 cm³/mol. The highest BCUT2D eigenvalue weighted by molar-refractivity contribution is 7.92. The molecule has 0 bridgehead atoms. The second-order valence-electron chi connectivity index (χ2n) is 3.59. The van der Waals surface area contributed by atoms with E-state index in [0.29, 0.717) is 6.42 Å². The summed E-state index contributed by atoms with van der Waals surface area (Å²) in [4.78, 5) is 10.8. The Bertz CT molecular complexity index is 473. The number of aromatic carboxylic acids is 1. The van der Waals surface area contributed by atoms with Crippen molar-refractivity contribution in [1.82, 2.24) is 0 Å². The van der Waals surface area contributed by atoms with Crippen molar-refractivity contribution in [1.29, 1.82) is 0 Å². The molecule has 0 radical (unpaired) electrons. The molecule has 0 aliphatic rings. The number of carbonyl (C=O) groups is 1. The van der Waals surface area contributed by atoms with Gasteiger partial charge in [-0.15, -0.1) is 0 Å². The first-order chi connectivity index (χ1) is 7.39. The summed E-state index contributed by atoms with van der Waals surface area (Å²) in [5, 5.41) is 8.23. The highest BCUT2D eigenvalue weighted by atomic mass is 32.2. The summed E-state index contributed by atoms with van der Waals surface area (Å²) in [6.07, 6.45) is 0.531. The molecule has 0 amide bonds. The Balaban J connectivity index is 3.12. The van der Waals surface area contributed by atoms with E-state index in [1.54, 1.807) is 13.8 Å².